The number of aryl methyl sites for hydroxylation is 1. The Morgan fingerprint density at radius 1 is 1.34 bits per heavy atom. The topological polar surface area (TPSA) is 103 Å². The van der Waals surface area contributed by atoms with Crippen molar-refractivity contribution < 1.29 is 14.3 Å². The minimum Gasteiger partial charge on any atom is -0.492 e. The van der Waals surface area contributed by atoms with Crippen molar-refractivity contribution in [3.63, 3.8) is 0 Å². The van der Waals surface area contributed by atoms with Gasteiger partial charge < -0.3 is 20.1 Å². The summed E-state index contributed by atoms with van der Waals surface area (Å²) in [5.74, 6) is 0.607. The molecule has 0 saturated carbocycles. The van der Waals surface area contributed by atoms with Crippen molar-refractivity contribution in [1.82, 2.24) is 20.2 Å². The van der Waals surface area contributed by atoms with E-state index in [0.29, 0.717) is 34.2 Å². The molecule has 166 valence electrons. The van der Waals surface area contributed by atoms with Gasteiger partial charge in [0.2, 0.25) is 11.9 Å². The summed E-state index contributed by atoms with van der Waals surface area (Å²) in [6, 6.07) is 10.8. The molecule has 10 heteroatoms. The van der Waals surface area contributed by atoms with E-state index in [1.165, 1.54) is 0 Å². The lowest BCUT2D eigenvalue weighted by Gasteiger charge is -2.33. The fourth-order valence-electron chi connectivity index (χ4n) is 3.80. The molecule has 2 unspecified atom stereocenters. The molecule has 2 atom stereocenters. The Morgan fingerprint density at radius 3 is 2.84 bits per heavy atom. The van der Waals surface area contributed by atoms with Crippen molar-refractivity contribution in [1.29, 1.82) is 0 Å². The zero-order chi connectivity index (χ0) is 22.8. The fourth-order valence-corrected chi connectivity index (χ4v) is 4.42. The number of rotatable bonds is 6. The molecular weight excluding hydrogens is 476 g/mol. The van der Waals surface area contributed by atoms with E-state index in [1.807, 2.05) is 50.2 Å². The van der Waals surface area contributed by atoms with Crippen LogP contribution in [0.4, 0.5) is 11.6 Å². The van der Waals surface area contributed by atoms with Gasteiger partial charge >= 0.3 is 0 Å². The number of hydrogen-bond acceptors (Lipinski definition) is 7. The first-order chi connectivity index (χ1) is 15.4. The van der Waals surface area contributed by atoms with Crippen molar-refractivity contribution in [3.05, 3.63) is 64.3 Å². The molecule has 0 radical (unpaired) electrons. The lowest BCUT2D eigenvalue weighted by atomic mass is 9.88. The van der Waals surface area contributed by atoms with Crippen LogP contribution < -0.4 is 20.1 Å². The van der Waals surface area contributed by atoms with Crippen molar-refractivity contribution in [2.24, 2.45) is 5.92 Å². The van der Waals surface area contributed by atoms with E-state index in [9.17, 15) is 4.79 Å². The van der Waals surface area contributed by atoms with E-state index in [0.717, 1.165) is 16.8 Å². The number of fused-ring (bicyclic) bond motifs is 1. The first-order valence-corrected chi connectivity index (χ1v) is 10.8. The van der Waals surface area contributed by atoms with E-state index >= 15 is 0 Å². The number of anilines is 2. The van der Waals surface area contributed by atoms with Crippen LogP contribution in [0.3, 0.4) is 0 Å². The predicted octanol–water partition coefficient (Wildman–Crippen LogP) is 3.93. The van der Waals surface area contributed by atoms with Crippen LogP contribution in [-0.4, -0.2) is 39.8 Å². The van der Waals surface area contributed by atoms with E-state index < -0.39 is 12.0 Å². The highest BCUT2D eigenvalue weighted by Crippen LogP contribution is 2.43. The highest BCUT2D eigenvalue weighted by Gasteiger charge is 2.40. The largest absolute Gasteiger partial charge is 0.492 e. The minimum atomic E-state index is -0.694. The molecule has 2 aromatic carbocycles. The Kier molecular flexibility index (Phi) is 6.13. The van der Waals surface area contributed by atoms with Gasteiger partial charge in [0.25, 0.3) is 0 Å². The van der Waals surface area contributed by atoms with Gasteiger partial charge in [-0.1, -0.05) is 29.9 Å². The minimum absolute atomic E-state index is 0.229. The van der Waals surface area contributed by atoms with E-state index in [2.05, 4.69) is 48.7 Å². The molecule has 2 heterocycles. The van der Waals surface area contributed by atoms with E-state index in [4.69, 9.17) is 9.47 Å². The van der Waals surface area contributed by atoms with Crippen LogP contribution in [0.1, 0.15) is 24.1 Å². The van der Waals surface area contributed by atoms with Gasteiger partial charge in [0.1, 0.15) is 5.92 Å². The Hall–Kier alpha value is -3.40. The average molecular weight is 499 g/mol. The number of carbonyl (C=O) groups excluding carboxylic acids is 1. The number of halogens is 1. The lowest BCUT2D eigenvalue weighted by Crippen LogP contribution is -2.39. The molecule has 0 fully saturated rings. The summed E-state index contributed by atoms with van der Waals surface area (Å²) in [6.07, 6.45) is 0. The van der Waals surface area contributed by atoms with Crippen LogP contribution in [0.5, 0.6) is 11.5 Å². The number of hydrogen-bond donors (Lipinski definition) is 2. The third kappa shape index (κ3) is 3.93. The van der Waals surface area contributed by atoms with Gasteiger partial charge in [-0.15, -0.1) is 0 Å². The molecule has 0 bridgehead atoms. The van der Waals surface area contributed by atoms with Gasteiger partial charge in [0.05, 0.1) is 24.2 Å². The zero-order valence-corrected chi connectivity index (χ0v) is 19.5. The molecule has 1 aromatic heterocycles. The van der Waals surface area contributed by atoms with E-state index in [1.54, 1.807) is 11.8 Å². The molecule has 1 amide bonds. The molecule has 4 rings (SSSR count). The van der Waals surface area contributed by atoms with Crippen LogP contribution in [0.15, 0.2) is 53.1 Å². The summed E-state index contributed by atoms with van der Waals surface area (Å²) in [4.78, 5) is 13.5. The van der Waals surface area contributed by atoms with Crippen molar-refractivity contribution in [2.45, 2.75) is 19.9 Å². The molecule has 3 aromatic rings. The summed E-state index contributed by atoms with van der Waals surface area (Å²) < 4.78 is 13.6. The van der Waals surface area contributed by atoms with Gasteiger partial charge in [-0.25, -0.2) is 4.68 Å². The van der Waals surface area contributed by atoms with Gasteiger partial charge in [-0.05, 0) is 69.5 Å². The van der Waals surface area contributed by atoms with Gasteiger partial charge in [0, 0.05) is 11.4 Å². The lowest BCUT2D eigenvalue weighted by molar-refractivity contribution is -0.119. The Morgan fingerprint density at radius 2 is 2.12 bits per heavy atom. The third-order valence-electron chi connectivity index (χ3n) is 5.28. The normalized spacial score (nSPS) is 17.3. The SMILES string of the molecule is C=C1Nc2nnnn2C(c2cc(Br)c(OC)c(OCC)c2)C1C(=O)Nc1ccccc1C. The Balaban J connectivity index is 1.81. The number of nitrogens with zero attached hydrogens (tertiary/aromatic N) is 4. The molecule has 2 N–H and O–H groups in total. The van der Waals surface area contributed by atoms with Crippen LogP contribution in [0.2, 0.25) is 0 Å². The molecule has 1 aliphatic heterocycles. The number of aromatic nitrogens is 4. The molecule has 1 aliphatic rings. The highest BCUT2D eigenvalue weighted by atomic mass is 79.9. The maximum atomic E-state index is 13.5. The van der Waals surface area contributed by atoms with Crippen molar-refractivity contribution >= 4 is 33.5 Å². The molecule has 0 saturated heterocycles. The summed E-state index contributed by atoms with van der Waals surface area (Å²) in [7, 11) is 1.58. The molecular formula is C22H23BrN6O3. The van der Waals surface area contributed by atoms with Gasteiger partial charge in [-0.2, -0.15) is 0 Å². The second kappa shape index (κ2) is 8.99. The van der Waals surface area contributed by atoms with Crippen LogP contribution in [0, 0.1) is 12.8 Å². The molecule has 32 heavy (non-hydrogen) atoms. The zero-order valence-electron chi connectivity index (χ0n) is 17.9. The standard InChI is InChI=1S/C22H23BrN6O3/c1-5-32-17-11-14(10-15(23)20(17)31-4)19-18(13(3)24-22-26-27-28-29(19)22)21(30)25-16-9-7-6-8-12(16)2/h6-11,18-19H,3,5H2,1-2,4H3,(H,25,30)(H,24,26,28). The van der Waals surface area contributed by atoms with E-state index in [-0.39, 0.29) is 5.91 Å². The predicted molar refractivity (Wildman–Crippen MR) is 124 cm³/mol. The number of tetrazole rings is 1. The number of nitrogens with one attached hydrogen (secondary N) is 2. The second-order valence-electron chi connectivity index (χ2n) is 7.29. The van der Waals surface area contributed by atoms with Gasteiger partial charge in [0.15, 0.2) is 11.5 Å². The smallest absolute Gasteiger partial charge is 0.247 e. The Labute approximate surface area is 193 Å². The summed E-state index contributed by atoms with van der Waals surface area (Å²) in [6.45, 7) is 8.39. The van der Waals surface area contributed by atoms with Crippen molar-refractivity contribution in [3.8, 4) is 11.5 Å². The maximum absolute atomic E-state index is 13.5. The molecule has 0 spiro atoms. The first-order valence-electron chi connectivity index (χ1n) is 10.0. The number of methoxy groups -OCH3 is 1. The van der Waals surface area contributed by atoms with Gasteiger partial charge in [-0.3, -0.25) is 4.79 Å². The van der Waals surface area contributed by atoms with Crippen LogP contribution in [-0.2, 0) is 4.79 Å². The third-order valence-corrected chi connectivity index (χ3v) is 5.87. The number of carbonyl (C=O) groups is 1. The fraction of sp³-hybridized carbons (Fsp3) is 0.273. The highest BCUT2D eigenvalue weighted by molar-refractivity contribution is 9.10. The quantitative estimate of drug-likeness (QED) is 0.530. The number of ether oxygens (including phenoxy) is 2. The average Bonchev–Trinajstić information content (AvgIpc) is 3.22. The first kappa shape index (κ1) is 21.8. The summed E-state index contributed by atoms with van der Waals surface area (Å²) in [5, 5.41) is 18.0. The molecule has 9 nitrogen and oxygen atoms in total. The maximum Gasteiger partial charge on any atom is 0.247 e. The summed E-state index contributed by atoms with van der Waals surface area (Å²) >= 11 is 3.56. The summed E-state index contributed by atoms with van der Waals surface area (Å²) in [5.41, 5.74) is 2.95. The van der Waals surface area contributed by atoms with Crippen molar-refractivity contribution in [2.75, 3.05) is 24.4 Å². The molecule has 0 aliphatic carbocycles. The van der Waals surface area contributed by atoms with Crippen LogP contribution >= 0.6 is 15.9 Å². The van der Waals surface area contributed by atoms with Crippen LogP contribution in [0.25, 0.3) is 0 Å². The number of para-hydroxylation sites is 1. The number of benzene rings is 2. The Bertz CT molecular complexity index is 1180. The number of amides is 1. The second-order valence-corrected chi connectivity index (χ2v) is 8.15. The monoisotopic (exact) mass is 498 g/mol.